The summed E-state index contributed by atoms with van der Waals surface area (Å²) in [6, 6.07) is 4.04. The minimum Gasteiger partial charge on any atom is -0.264 e. The molecule has 1 rings (SSSR count). The topological polar surface area (TPSA) is 12.9 Å². The lowest BCUT2D eigenvalue weighted by Gasteiger charge is -2.01. The fourth-order valence-electron chi connectivity index (χ4n) is 1.19. The largest absolute Gasteiger partial charge is 0.264 e. The minimum absolute atomic E-state index is 0.585. The average Bonchev–Trinajstić information content (AvgIpc) is 2.20. The molecule has 14 heavy (non-hydrogen) atoms. The molecule has 1 heterocycles. The van der Waals surface area contributed by atoms with E-state index < -0.39 is 0 Å². The molecule has 0 unspecified atom stereocenters. The molecular weight excluding hydrogens is 170 g/mol. The van der Waals surface area contributed by atoms with Gasteiger partial charge in [-0.1, -0.05) is 38.1 Å². The van der Waals surface area contributed by atoms with E-state index in [1.54, 1.807) is 6.20 Å². The Morgan fingerprint density at radius 2 is 2.21 bits per heavy atom. The second-order valence-corrected chi connectivity index (χ2v) is 3.59. The molecule has 1 aromatic heterocycles. The molecule has 0 atom stereocenters. The first-order valence-electron chi connectivity index (χ1n) is 4.99. The molecule has 0 saturated carbocycles. The monoisotopic (exact) mass is 187 g/mol. The molecule has 0 amide bonds. The van der Waals surface area contributed by atoms with Crippen molar-refractivity contribution in [2.24, 2.45) is 5.92 Å². The number of allylic oxidation sites excluding steroid dienone is 4. The van der Waals surface area contributed by atoms with Crippen molar-refractivity contribution in [3.05, 3.63) is 48.3 Å². The lowest BCUT2D eigenvalue weighted by molar-refractivity contribution is 0.832. The van der Waals surface area contributed by atoms with Gasteiger partial charge in [0.15, 0.2) is 0 Å². The van der Waals surface area contributed by atoms with Crippen LogP contribution in [0.2, 0.25) is 0 Å². The fourth-order valence-corrected chi connectivity index (χ4v) is 1.19. The van der Waals surface area contributed by atoms with Crippen molar-refractivity contribution >= 4 is 5.57 Å². The van der Waals surface area contributed by atoms with E-state index in [1.165, 1.54) is 11.1 Å². The van der Waals surface area contributed by atoms with E-state index in [9.17, 15) is 0 Å². The first-order chi connectivity index (χ1) is 6.74. The van der Waals surface area contributed by atoms with E-state index in [-0.39, 0.29) is 0 Å². The Bertz CT molecular complexity index is 320. The number of pyridine rings is 1. The summed E-state index contributed by atoms with van der Waals surface area (Å²) in [6.45, 7) is 6.40. The van der Waals surface area contributed by atoms with Gasteiger partial charge in [0.25, 0.3) is 0 Å². The zero-order chi connectivity index (χ0) is 10.4. The van der Waals surface area contributed by atoms with Gasteiger partial charge in [-0.15, -0.1) is 0 Å². The second-order valence-electron chi connectivity index (χ2n) is 3.59. The Labute approximate surface area is 86.2 Å². The molecule has 0 spiro atoms. The number of aromatic nitrogens is 1. The summed E-state index contributed by atoms with van der Waals surface area (Å²) in [5.74, 6) is 0.585. The van der Waals surface area contributed by atoms with E-state index >= 15 is 0 Å². The summed E-state index contributed by atoms with van der Waals surface area (Å²) >= 11 is 0. The van der Waals surface area contributed by atoms with E-state index in [0.29, 0.717) is 5.92 Å². The number of hydrogen-bond donors (Lipinski definition) is 0. The lowest BCUT2D eigenvalue weighted by Crippen LogP contribution is -1.83. The van der Waals surface area contributed by atoms with Crippen molar-refractivity contribution in [3.63, 3.8) is 0 Å². The number of rotatable bonds is 3. The highest BCUT2D eigenvalue weighted by molar-refractivity contribution is 5.73. The molecule has 0 fully saturated rings. The van der Waals surface area contributed by atoms with Crippen molar-refractivity contribution < 1.29 is 0 Å². The van der Waals surface area contributed by atoms with Crippen LogP contribution < -0.4 is 0 Å². The maximum atomic E-state index is 4.11. The zero-order valence-corrected chi connectivity index (χ0v) is 9.07. The fraction of sp³-hybridized carbons (Fsp3) is 0.308. The van der Waals surface area contributed by atoms with Crippen LogP contribution in [0, 0.1) is 5.92 Å². The summed E-state index contributed by atoms with van der Waals surface area (Å²) < 4.78 is 0. The molecular formula is C13H17N. The van der Waals surface area contributed by atoms with Crippen LogP contribution in [0.4, 0.5) is 0 Å². The van der Waals surface area contributed by atoms with Crippen LogP contribution >= 0.6 is 0 Å². The van der Waals surface area contributed by atoms with Crippen LogP contribution in [0.1, 0.15) is 26.3 Å². The standard InChI is InChI=1S/C13H17N/c1-4-12(8-7-11(2)3)13-6-5-9-14-10-13/h4-11H,1-3H3/b8-7-,12-4+. The molecule has 74 valence electrons. The van der Waals surface area contributed by atoms with Crippen molar-refractivity contribution in [2.45, 2.75) is 20.8 Å². The van der Waals surface area contributed by atoms with Gasteiger partial charge in [-0.05, 0) is 30.0 Å². The van der Waals surface area contributed by atoms with Gasteiger partial charge in [0.1, 0.15) is 0 Å². The van der Waals surface area contributed by atoms with Gasteiger partial charge in [0.2, 0.25) is 0 Å². The summed E-state index contributed by atoms with van der Waals surface area (Å²) in [5.41, 5.74) is 2.40. The molecule has 0 bridgehead atoms. The first-order valence-corrected chi connectivity index (χ1v) is 4.99. The predicted octanol–water partition coefficient (Wildman–Crippen LogP) is 3.70. The second kappa shape index (κ2) is 5.38. The summed E-state index contributed by atoms with van der Waals surface area (Å²) in [6.07, 6.45) is 10.1. The van der Waals surface area contributed by atoms with E-state index in [1.807, 2.05) is 19.2 Å². The Balaban J connectivity index is 2.85. The quantitative estimate of drug-likeness (QED) is 0.657. The highest BCUT2D eigenvalue weighted by Crippen LogP contribution is 2.14. The Hall–Kier alpha value is -1.37. The predicted molar refractivity (Wildman–Crippen MR) is 61.9 cm³/mol. The van der Waals surface area contributed by atoms with Gasteiger partial charge in [0, 0.05) is 12.4 Å². The summed E-state index contributed by atoms with van der Waals surface area (Å²) in [4.78, 5) is 4.11. The van der Waals surface area contributed by atoms with Crippen LogP contribution in [0.25, 0.3) is 5.57 Å². The lowest BCUT2D eigenvalue weighted by atomic mass is 10.1. The van der Waals surface area contributed by atoms with Gasteiger partial charge in [0.05, 0.1) is 0 Å². The van der Waals surface area contributed by atoms with E-state index in [4.69, 9.17) is 0 Å². The molecule has 0 aliphatic carbocycles. The molecule has 1 aromatic rings. The maximum absolute atomic E-state index is 4.11. The molecule has 0 radical (unpaired) electrons. The Kier molecular flexibility index (Phi) is 4.11. The minimum atomic E-state index is 0.585. The van der Waals surface area contributed by atoms with Crippen molar-refractivity contribution in [3.8, 4) is 0 Å². The molecule has 0 aliphatic heterocycles. The SMILES string of the molecule is C/C=C(\C=C/C(C)C)c1cccnc1. The molecule has 0 N–H and O–H groups in total. The molecule has 0 saturated heterocycles. The maximum Gasteiger partial charge on any atom is 0.0346 e. The molecule has 1 nitrogen and oxygen atoms in total. The number of nitrogens with zero attached hydrogens (tertiary/aromatic N) is 1. The third-order valence-corrected chi connectivity index (χ3v) is 1.97. The Morgan fingerprint density at radius 1 is 1.43 bits per heavy atom. The van der Waals surface area contributed by atoms with Gasteiger partial charge < -0.3 is 0 Å². The third-order valence-electron chi connectivity index (χ3n) is 1.97. The molecule has 0 aromatic carbocycles. The van der Waals surface area contributed by atoms with Crippen LogP contribution in [-0.2, 0) is 0 Å². The van der Waals surface area contributed by atoms with Gasteiger partial charge in [-0.3, -0.25) is 4.98 Å². The van der Waals surface area contributed by atoms with Crippen molar-refractivity contribution in [1.29, 1.82) is 0 Å². The Morgan fingerprint density at radius 3 is 2.71 bits per heavy atom. The van der Waals surface area contributed by atoms with Crippen LogP contribution in [-0.4, -0.2) is 4.98 Å². The third kappa shape index (κ3) is 3.17. The van der Waals surface area contributed by atoms with E-state index in [0.717, 1.165) is 0 Å². The van der Waals surface area contributed by atoms with Crippen LogP contribution in [0.15, 0.2) is 42.8 Å². The normalized spacial score (nSPS) is 12.7. The zero-order valence-electron chi connectivity index (χ0n) is 9.07. The van der Waals surface area contributed by atoms with Crippen molar-refractivity contribution in [2.75, 3.05) is 0 Å². The molecule has 0 aliphatic rings. The first kappa shape index (κ1) is 10.7. The highest BCUT2D eigenvalue weighted by atomic mass is 14.6. The highest BCUT2D eigenvalue weighted by Gasteiger charge is 1.95. The summed E-state index contributed by atoms with van der Waals surface area (Å²) in [5, 5.41) is 0. The molecule has 1 heteroatoms. The van der Waals surface area contributed by atoms with E-state index in [2.05, 4.69) is 43.1 Å². The van der Waals surface area contributed by atoms with Gasteiger partial charge in [-0.2, -0.15) is 0 Å². The van der Waals surface area contributed by atoms with Gasteiger partial charge >= 0.3 is 0 Å². The van der Waals surface area contributed by atoms with Gasteiger partial charge in [-0.25, -0.2) is 0 Å². The average molecular weight is 187 g/mol. The van der Waals surface area contributed by atoms with Crippen molar-refractivity contribution in [1.82, 2.24) is 4.98 Å². The van der Waals surface area contributed by atoms with Crippen LogP contribution in [0.3, 0.4) is 0 Å². The number of hydrogen-bond acceptors (Lipinski definition) is 1. The smallest absolute Gasteiger partial charge is 0.0346 e. The van der Waals surface area contributed by atoms with Crippen LogP contribution in [0.5, 0.6) is 0 Å². The summed E-state index contributed by atoms with van der Waals surface area (Å²) in [7, 11) is 0.